The van der Waals surface area contributed by atoms with E-state index in [4.69, 9.17) is 10.5 Å². The average Bonchev–Trinajstić information content (AvgIpc) is 2.75. The van der Waals surface area contributed by atoms with Gasteiger partial charge >= 0.3 is 5.97 Å². The molecule has 0 aliphatic heterocycles. The van der Waals surface area contributed by atoms with E-state index in [1.807, 2.05) is 0 Å². The number of aromatic nitrogens is 2. The molecule has 1 amide bonds. The summed E-state index contributed by atoms with van der Waals surface area (Å²) in [5, 5.41) is 24.0. The molecule has 0 bridgehead atoms. The molecule has 30 heavy (non-hydrogen) atoms. The fraction of sp³-hybridized carbons (Fsp3) is 0.143. The minimum absolute atomic E-state index is 0.0424. The van der Waals surface area contributed by atoms with Crippen molar-refractivity contribution in [3.63, 3.8) is 0 Å². The first-order valence-corrected chi connectivity index (χ1v) is 9.11. The van der Waals surface area contributed by atoms with Crippen LogP contribution in [0.25, 0.3) is 32.8 Å². The minimum atomic E-state index is -1.18. The Kier molecular flexibility index (Phi) is 4.80. The summed E-state index contributed by atoms with van der Waals surface area (Å²) in [6.07, 6.45) is 0. The van der Waals surface area contributed by atoms with Gasteiger partial charge in [-0.25, -0.2) is 14.8 Å². The third kappa shape index (κ3) is 3.01. The predicted molar refractivity (Wildman–Crippen MR) is 111 cm³/mol. The van der Waals surface area contributed by atoms with E-state index in [9.17, 15) is 19.8 Å². The molecule has 0 fully saturated rings. The Labute approximate surface area is 170 Å². The highest BCUT2D eigenvalue weighted by molar-refractivity contribution is 6.19. The predicted octanol–water partition coefficient (Wildman–Crippen LogP) is 2.04. The number of fused-ring (bicyclic) bond motifs is 4. The summed E-state index contributed by atoms with van der Waals surface area (Å²) < 4.78 is 5.18. The van der Waals surface area contributed by atoms with Gasteiger partial charge in [-0.05, 0) is 6.07 Å². The Morgan fingerprint density at radius 1 is 1.10 bits per heavy atom. The summed E-state index contributed by atoms with van der Waals surface area (Å²) in [5.74, 6) is -1.81. The van der Waals surface area contributed by atoms with Crippen LogP contribution in [-0.2, 0) is 0 Å². The molecule has 0 saturated carbocycles. The molecule has 5 N–H and O–H groups in total. The van der Waals surface area contributed by atoms with Crippen LogP contribution in [0.4, 0.5) is 0 Å². The van der Waals surface area contributed by atoms with Crippen molar-refractivity contribution in [3.05, 3.63) is 47.5 Å². The van der Waals surface area contributed by atoms with Crippen molar-refractivity contribution < 1.29 is 24.5 Å². The average molecular weight is 406 g/mol. The first-order chi connectivity index (χ1) is 14.5. The monoisotopic (exact) mass is 406 g/mol. The maximum absolute atomic E-state index is 12.8. The molecule has 1 aromatic heterocycles. The van der Waals surface area contributed by atoms with Gasteiger partial charge in [-0.2, -0.15) is 0 Å². The lowest BCUT2D eigenvalue weighted by atomic mass is 10.0. The largest absolute Gasteiger partial charge is 0.506 e. The van der Waals surface area contributed by atoms with Gasteiger partial charge in [0, 0.05) is 29.9 Å². The van der Waals surface area contributed by atoms with E-state index in [1.54, 1.807) is 24.3 Å². The molecular formula is C21H18N4O5. The molecule has 9 heteroatoms. The van der Waals surface area contributed by atoms with Gasteiger partial charge in [0.15, 0.2) is 0 Å². The van der Waals surface area contributed by atoms with E-state index in [-0.39, 0.29) is 46.7 Å². The highest BCUT2D eigenvalue weighted by Crippen LogP contribution is 2.37. The molecule has 0 atom stereocenters. The standard InChI is InChI=1S/C21H18N4O5/c1-30-15-9-14-13(8-12(15)21(28)29)25-18-16(20(27)23-7-6-22)19(26)11-5-3-2-4-10(11)17(18)24-14/h2-5,8-9,26H,6-7,22H2,1H3,(H,23,27)(H,28,29). The summed E-state index contributed by atoms with van der Waals surface area (Å²) in [6, 6.07) is 9.80. The van der Waals surface area contributed by atoms with E-state index in [1.165, 1.54) is 19.2 Å². The van der Waals surface area contributed by atoms with E-state index in [2.05, 4.69) is 15.3 Å². The van der Waals surface area contributed by atoms with Crippen LogP contribution in [0.2, 0.25) is 0 Å². The van der Waals surface area contributed by atoms with Gasteiger partial charge in [0.05, 0.1) is 23.7 Å². The lowest BCUT2D eigenvalue weighted by molar-refractivity contribution is 0.0693. The smallest absolute Gasteiger partial charge is 0.339 e. The Hall–Kier alpha value is -3.98. The second-order valence-electron chi connectivity index (χ2n) is 6.58. The normalized spacial score (nSPS) is 11.1. The van der Waals surface area contributed by atoms with Crippen molar-refractivity contribution in [2.24, 2.45) is 5.73 Å². The second kappa shape index (κ2) is 7.45. The third-order valence-electron chi connectivity index (χ3n) is 4.78. The number of ether oxygens (including phenoxy) is 1. The lowest BCUT2D eigenvalue weighted by Crippen LogP contribution is -2.29. The number of carboxylic acids is 1. The summed E-state index contributed by atoms with van der Waals surface area (Å²) in [4.78, 5) is 33.5. The summed E-state index contributed by atoms with van der Waals surface area (Å²) in [6.45, 7) is 0.447. The molecular weight excluding hydrogens is 388 g/mol. The summed E-state index contributed by atoms with van der Waals surface area (Å²) >= 11 is 0. The fourth-order valence-electron chi connectivity index (χ4n) is 3.41. The number of nitrogens with two attached hydrogens (primary N) is 1. The molecule has 0 aliphatic carbocycles. The number of carbonyl (C=O) groups excluding carboxylic acids is 1. The van der Waals surface area contributed by atoms with Gasteiger partial charge in [-0.15, -0.1) is 0 Å². The molecule has 0 radical (unpaired) electrons. The Morgan fingerprint density at radius 3 is 2.43 bits per heavy atom. The van der Waals surface area contributed by atoms with Crippen LogP contribution in [-0.4, -0.2) is 52.3 Å². The zero-order valence-corrected chi connectivity index (χ0v) is 16.0. The number of aromatic hydroxyl groups is 1. The maximum Gasteiger partial charge on any atom is 0.339 e. The van der Waals surface area contributed by atoms with Crippen LogP contribution in [0.1, 0.15) is 20.7 Å². The number of carboxylic acid groups (broad SMARTS) is 1. The van der Waals surface area contributed by atoms with Gasteiger partial charge in [0.25, 0.3) is 5.91 Å². The summed E-state index contributed by atoms with van der Waals surface area (Å²) in [5.41, 5.74) is 6.56. The van der Waals surface area contributed by atoms with Gasteiger partial charge in [-0.3, -0.25) is 4.79 Å². The molecule has 0 saturated heterocycles. The quantitative estimate of drug-likeness (QED) is 0.291. The zero-order chi connectivity index (χ0) is 21.4. The number of methoxy groups -OCH3 is 1. The summed E-state index contributed by atoms with van der Waals surface area (Å²) in [7, 11) is 1.37. The SMILES string of the molecule is COc1cc2nc3c(nc2cc1C(=O)O)c(C(=O)NCCN)c(O)c1ccccc13. The van der Waals surface area contributed by atoms with Crippen LogP contribution in [0.15, 0.2) is 36.4 Å². The number of hydrogen-bond donors (Lipinski definition) is 4. The van der Waals surface area contributed by atoms with Crippen molar-refractivity contribution >= 4 is 44.7 Å². The molecule has 0 spiro atoms. The van der Waals surface area contributed by atoms with Crippen LogP contribution in [0.5, 0.6) is 11.5 Å². The zero-order valence-electron chi connectivity index (χ0n) is 16.0. The van der Waals surface area contributed by atoms with Gasteiger partial charge in [0.2, 0.25) is 0 Å². The number of carbonyl (C=O) groups is 2. The van der Waals surface area contributed by atoms with E-state index < -0.39 is 11.9 Å². The van der Waals surface area contributed by atoms with E-state index in [0.717, 1.165) is 0 Å². The van der Waals surface area contributed by atoms with Crippen molar-refractivity contribution in [1.82, 2.24) is 15.3 Å². The Bertz CT molecular complexity index is 1340. The Morgan fingerprint density at radius 2 is 1.77 bits per heavy atom. The highest BCUT2D eigenvalue weighted by Gasteiger charge is 2.23. The topological polar surface area (TPSA) is 148 Å². The minimum Gasteiger partial charge on any atom is -0.506 e. The van der Waals surface area contributed by atoms with Crippen molar-refractivity contribution in [2.45, 2.75) is 0 Å². The van der Waals surface area contributed by atoms with E-state index >= 15 is 0 Å². The number of nitrogens with zero attached hydrogens (tertiary/aromatic N) is 2. The molecule has 1 heterocycles. The Balaban J connectivity index is 2.14. The number of phenols is 1. The number of nitrogens with one attached hydrogen (secondary N) is 1. The molecule has 0 aliphatic rings. The number of rotatable bonds is 5. The molecule has 4 rings (SSSR count). The van der Waals surface area contributed by atoms with Gasteiger partial charge in [-0.1, -0.05) is 24.3 Å². The van der Waals surface area contributed by atoms with Crippen molar-refractivity contribution in [3.8, 4) is 11.5 Å². The van der Waals surface area contributed by atoms with Crippen LogP contribution in [0.3, 0.4) is 0 Å². The third-order valence-corrected chi connectivity index (χ3v) is 4.78. The van der Waals surface area contributed by atoms with Crippen LogP contribution in [0, 0.1) is 0 Å². The number of benzene rings is 3. The molecule has 152 valence electrons. The van der Waals surface area contributed by atoms with Gasteiger partial charge in [0.1, 0.15) is 28.1 Å². The first kappa shape index (κ1) is 19.3. The molecule has 3 aromatic carbocycles. The van der Waals surface area contributed by atoms with Crippen LogP contribution >= 0.6 is 0 Å². The second-order valence-corrected chi connectivity index (χ2v) is 6.58. The number of phenolic OH excluding ortho intramolecular Hbond substituents is 1. The number of aromatic carboxylic acids is 1. The first-order valence-electron chi connectivity index (χ1n) is 9.11. The number of amides is 1. The lowest BCUT2D eigenvalue weighted by Gasteiger charge is -2.14. The highest BCUT2D eigenvalue weighted by atomic mass is 16.5. The fourth-order valence-corrected chi connectivity index (χ4v) is 3.41. The van der Waals surface area contributed by atoms with Crippen LogP contribution < -0.4 is 15.8 Å². The van der Waals surface area contributed by atoms with Crippen molar-refractivity contribution in [2.75, 3.05) is 20.2 Å². The van der Waals surface area contributed by atoms with E-state index in [0.29, 0.717) is 21.8 Å². The molecule has 9 nitrogen and oxygen atoms in total. The molecule has 0 unspecified atom stereocenters. The van der Waals surface area contributed by atoms with Crippen molar-refractivity contribution in [1.29, 1.82) is 0 Å². The number of hydrogen-bond acceptors (Lipinski definition) is 7. The van der Waals surface area contributed by atoms with Gasteiger partial charge < -0.3 is 26.0 Å². The maximum atomic E-state index is 12.8. The molecule has 4 aromatic rings.